The van der Waals surface area contributed by atoms with E-state index in [1.807, 2.05) is 0 Å². The molecule has 0 aromatic carbocycles. The molecule has 0 radical (unpaired) electrons. The summed E-state index contributed by atoms with van der Waals surface area (Å²) in [7, 11) is -1.89. The van der Waals surface area contributed by atoms with Gasteiger partial charge in [-0.15, -0.1) is 9.05 Å². The van der Waals surface area contributed by atoms with Gasteiger partial charge in [0.2, 0.25) is 0 Å². The molecule has 0 saturated carbocycles. The van der Waals surface area contributed by atoms with Crippen molar-refractivity contribution in [2.75, 3.05) is 13.2 Å². The predicted octanol–water partition coefficient (Wildman–Crippen LogP) is 7.18. The summed E-state index contributed by atoms with van der Waals surface area (Å²) in [5.74, 6) is 0. The van der Waals surface area contributed by atoms with Gasteiger partial charge in [-0.2, -0.15) is 0 Å². The minimum Gasteiger partial charge on any atom is -0.119 e. The molecule has 0 fully saturated rings. The summed E-state index contributed by atoms with van der Waals surface area (Å²) < 4.78 is 21.9. The largest absolute Gasteiger partial charge is 0.697 e. The fourth-order valence-corrected chi connectivity index (χ4v) is 3.06. The van der Waals surface area contributed by atoms with Crippen LogP contribution in [0.2, 0.25) is 0 Å². The Kier molecular flexibility index (Phi) is 19.1. The third kappa shape index (κ3) is 18.1. The minimum absolute atomic E-state index is 0.568. The normalized spacial score (nSPS) is 11.8. The van der Waals surface area contributed by atoms with Crippen LogP contribution in [0.15, 0.2) is 0 Å². The summed E-state index contributed by atoms with van der Waals surface area (Å²) >= 11 is 0. The molecule has 0 bridgehead atoms. The van der Waals surface area contributed by atoms with Crippen LogP contribution in [0.1, 0.15) is 104 Å². The maximum absolute atomic E-state index is 11.5. The molecule has 0 aromatic heterocycles. The van der Waals surface area contributed by atoms with Crippen molar-refractivity contribution in [2.24, 2.45) is 0 Å². The second-order valence-corrected chi connectivity index (χ2v) is 7.10. The van der Waals surface area contributed by atoms with Gasteiger partial charge in [0.1, 0.15) is 13.2 Å². The lowest BCUT2D eigenvalue weighted by Gasteiger charge is -1.99. The molecule has 0 amide bonds. The summed E-state index contributed by atoms with van der Waals surface area (Å²) in [6, 6.07) is 0. The van der Waals surface area contributed by atoms with E-state index >= 15 is 0 Å². The summed E-state index contributed by atoms with van der Waals surface area (Å²) in [5, 5.41) is 0. The van der Waals surface area contributed by atoms with Gasteiger partial charge in [-0.1, -0.05) is 90.9 Å². The van der Waals surface area contributed by atoms with Crippen LogP contribution in [0.25, 0.3) is 0 Å². The Balaban J connectivity index is 3.13. The zero-order valence-corrected chi connectivity index (χ0v) is 15.9. The van der Waals surface area contributed by atoms with Crippen molar-refractivity contribution in [3.63, 3.8) is 0 Å². The highest BCUT2D eigenvalue weighted by Gasteiger charge is 2.18. The lowest BCUT2D eigenvalue weighted by Crippen LogP contribution is -1.92. The number of unbranched alkanes of at least 4 members (excludes halogenated alkanes) is 12. The smallest absolute Gasteiger partial charge is 0.119 e. The quantitative estimate of drug-likeness (QED) is 0.197. The maximum Gasteiger partial charge on any atom is 0.697 e. The standard InChI is InChI=1S/C18H38O3P/c1-3-5-7-9-11-12-14-16-18-21-22(19)20-17-15-13-10-8-6-4-2/h3-18H2,1-2H3/q+1. The Hall–Kier alpha value is 0.0200. The van der Waals surface area contributed by atoms with Crippen LogP contribution in [0.3, 0.4) is 0 Å². The molecular weight excluding hydrogens is 295 g/mol. The van der Waals surface area contributed by atoms with Crippen LogP contribution in [0, 0.1) is 0 Å². The van der Waals surface area contributed by atoms with Gasteiger partial charge in [-0.05, 0) is 12.8 Å². The average molecular weight is 333 g/mol. The van der Waals surface area contributed by atoms with Crippen molar-refractivity contribution in [2.45, 2.75) is 104 Å². The summed E-state index contributed by atoms with van der Waals surface area (Å²) in [4.78, 5) is 0. The van der Waals surface area contributed by atoms with Gasteiger partial charge in [-0.3, -0.25) is 0 Å². The van der Waals surface area contributed by atoms with E-state index in [9.17, 15) is 4.57 Å². The van der Waals surface area contributed by atoms with Crippen LogP contribution in [-0.2, 0) is 13.6 Å². The van der Waals surface area contributed by atoms with Crippen molar-refractivity contribution >= 4 is 8.25 Å². The van der Waals surface area contributed by atoms with Gasteiger partial charge >= 0.3 is 8.25 Å². The van der Waals surface area contributed by atoms with Crippen LogP contribution < -0.4 is 0 Å². The minimum atomic E-state index is -1.89. The molecule has 1 unspecified atom stereocenters. The molecule has 0 aliphatic heterocycles. The molecule has 3 nitrogen and oxygen atoms in total. The molecule has 0 saturated heterocycles. The van der Waals surface area contributed by atoms with Gasteiger partial charge in [-0.25, -0.2) is 0 Å². The van der Waals surface area contributed by atoms with E-state index in [-0.39, 0.29) is 0 Å². The number of hydrogen-bond acceptors (Lipinski definition) is 3. The van der Waals surface area contributed by atoms with Crippen molar-refractivity contribution in [1.82, 2.24) is 0 Å². The van der Waals surface area contributed by atoms with Crippen molar-refractivity contribution in [3.05, 3.63) is 0 Å². The molecular formula is C18H38O3P+. The Morgan fingerprint density at radius 3 is 1.23 bits per heavy atom. The molecule has 0 rings (SSSR count). The van der Waals surface area contributed by atoms with Gasteiger partial charge in [0.15, 0.2) is 0 Å². The monoisotopic (exact) mass is 333 g/mol. The molecule has 4 heteroatoms. The predicted molar refractivity (Wildman–Crippen MR) is 95.5 cm³/mol. The van der Waals surface area contributed by atoms with Gasteiger partial charge < -0.3 is 0 Å². The zero-order chi connectivity index (χ0) is 16.3. The Labute approximate surface area is 139 Å². The molecule has 132 valence electrons. The van der Waals surface area contributed by atoms with E-state index < -0.39 is 8.25 Å². The summed E-state index contributed by atoms with van der Waals surface area (Å²) in [6.07, 6.45) is 17.4. The van der Waals surface area contributed by atoms with Crippen LogP contribution in [0.5, 0.6) is 0 Å². The molecule has 0 aliphatic rings. The second kappa shape index (κ2) is 19.1. The average Bonchev–Trinajstić information content (AvgIpc) is 2.52. The van der Waals surface area contributed by atoms with Crippen molar-refractivity contribution < 1.29 is 13.6 Å². The molecule has 0 heterocycles. The Morgan fingerprint density at radius 2 is 0.864 bits per heavy atom. The van der Waals surface area contributed by atoms with E-state index in [0.29, 0.717) is 13.2 Å². The zero-order valence-electron chi connectivity index (χ0n) is 15.0. The van der Waals surface area contributed by atoms with Gasteiger partial charge in [0.25, 0.3) is 0 Å². The highest BCUT2D eigenvalue weighted by molar-refractivity contribution is 7.33. The topological polar surface area (TPSA) is 35.5 Å². The fourth-order valence-electron chi connectivity index (χ4n) is 2.43. The van der Waals surface area contributed by atoms with E-state index in [0.717, 1.165) is 12.8 Å². The highest BCUT2D eigenvalue weighted by atomic mass is 31.1. The maximum atomic E-state index is 11.5. The first-order valence-electron chi connectivity index (χ1n) is 9.54. The summed E-state index contributed by atoms with van der Waals surface area (Å²) in [5.41, 5.74) is 0. The van der Waals surface area contributed by atoms with E-state index in [1.54, 1.807) is 0 Å². The van der Waals surface area contributed by atoms with E-state index in [2.05, 4.69) is 13.8 Å². The lowest BCUT2D eigenvalue weighted by molar-refractivity contribution is 0.218. The van der Waals surface area contributed by atoms with Gasteiger partial charge in [0.05, 0.1) is 0 Å². The molecule has 22 heavy (non-hydrogen) atoms. The molecule has 1 atom stereocenters. The Bertz CT molecular complexity index is 234. The summed E-state index contributed by atoms with van der Waals surface area (Å²) in [6.45, 7) is 5.60. The number of rotatable bonds is 18. The third-order valence-corrected chi connectivity index (χ3v) is 4.68. The van der Waals surface area contributed by atoms with Gasteiger partial charge in [0, 0.05) is 4.57 Å². The van der Waals surface area contributed by atoms with Crippen molar-refractivity contribution in [3.8, 4) is 0 Å². The fraction of sp³-hybridized carbons (Fsp3) is 1.00. The number of hydrogen-bond donors (Lipinski definition) is 0. The lowest BCUT2D eigenvalue weighted by atomic mass is 10.1. The highest BCUT2D eigenvalue weighted by Crippen LogP contribution is 2.24. The first-order valence-corrected chi connectivity index (χ1v) is 10.6. The van der Waals surface area contributed by atoms with E-state index in [1.165, 1.54) is 77.0 Å². The van der Waals surface area contributed by atoms with Crippen LogP contribution >= 0.6 is 8.25 Å². The first-order chi connectivity index (χ1) is 10.8. The van der Waals surface area contributed by atoms with Crippen LogP contribution in [-0.4, -0.2) is 13.2 Å². The first kappa shape index (κ1) is 22.0. The van der Waals surface area contributed by atoms with E-state index in [4.69, 9.17) is 9.05 Å². The molecule has 0 aliphatic carbocycles. The van der Waals surface area contributed by atoms with Crippen LogP contribution in [0.4, 0.5) is 0 Å². The molecule has 0 aromatic rings. The molecule has 0 spiro atoms. The third-order valence-electron chi connectivity index (χ3n) is 3.89. The SMILES string of the molecule is CCCCCCCCCCO[P+](=O)OCCCCCCCC. The van der Waals surface area contributed by atoms with Crippen molar-refractivity contribution in [1.29, 1.82) is 0 Å². The second-order valence-electron chi connectivity index (χ2n) is 6.13. The molecule has 0 N–H and O–H groups in total. The Morgan fingerprint density at radius 1 is 0.545 bits per heavy atom.